The van der Waals surface area contributed by atoms with Crippen LogP contribution in [0.5, 0.6) is 17.2 Å². The summed E-state index contributed by atoms with van der Waals surface area (Å²) in [4.78, 5) is 11.9. The fourth-order valence-corrected chi connectivity index (χ4v) is 2.20. The molecule has 2 aromatic rings. The molecule has 0 spiro atoms. The van der Waals surface area contributed by atoms with Gasteiger partial charge in [-0.05, 0) is 47.9 Å². The number of phenols is 2. The Hall–Kier alpha value is -3.21. The van der Waals surface area contributed by atoms with Gasteiger partial charge >= 0.3 is 0 Å². The van der Waals surface area contributed by atoms with Crippen LogP contribution in [-0.4, -0.2) is 28.2 Å². The SMILES string of the molecule is COc1cc(CCC(=O)/C=C(O)/C=C/c2ccc(O)cc2)ccc1O. The Morgan fingerprint density at radius 3 is 2.52 bits per heavy atom. The third-order valence-corrected chi connectivity index (χ3v) is 3.55. The molecule has 0 aliphatic rings. The number of hydrogen-bond acceptors (Lipinski definition) is 5. The van der Waals surface area contributed by atoms with Gasteiger partial charge in [0.25, 0.3) is 0 Å². The number of methoxy groups -OCH3 is 1. The van der Waals surface area contributed by atoms with Crippen molar-refractivity contribution in [3.05, 3.63) is 71.5 Å². The molecule has 0 radical (unpaired) electrons. The third kappa shape index (κ3) is 5.73. The van der Waals surface area contributed by atoms with E-state index in [0.717, 1.165) is 11.1 Å². The molecule has 0 heterocycles. The second-order valence-corrected chi connectivity index (χ2v) is 5.47. The van der Waals surface area contributed by atoms with E-state index >= 15 is 0 Å². The van der Waals surface area contributed by atoms with Gasteiger partial charge in [-0.2, -0.15) is 0 Å². The molecular weight excluding hydrogens is 320 g/mol. The van der Waals surface area contributed by atoms with Crippen molar-refractivity contribution in [2.75, 3.05) is 7.11 Å². The Balaban J connectivity index is 1.91. The number of carbonyl (C=O) groups excluding carboxylic acids is 1. The second kappa shape index (κ2) is 8.59. The molecule has 5 heteroatoms. The molecule has 3 N–H and O–H groups in total. The zero-order valence-electron chi connectivity index (χ0n) is 13.8. The number of ketones is 1. The van der Waals surface area contributed by atoms with Crippen LogP contribution >= 0.6 is 0 Å². The minimum Gasteiger partial charge on any atom is -0.508 e. The first-order valence-electron chi connectivity index (χ1n) is 7.74. The highest BCUT2D eigenvalue weighted by Gasteiger charge is 2.05. The van der Waals surface area contributed by atoms with Gasteiger partial charge in [0.2, 0.25) is 0 Å². The van der Waals surface area contributed by atoms with Crippen molar-refractivity contribution < 1.29 is 24.9 Å². The Morgan fingerprint density at radius 1 is 1.12 bits per heavy atom. The van der Waals surface area contributed by atoms with E-state index in [2.05, 4.69) is 0 Å². The van der Waals surface area contributed by atoms with Gasteiger partial charge in [-0.25, -0.2) is 0 Å². The smallest absolute Gasteiger partial charge is 0.160 e. The number of phenolic OH excluding ortho intramolecular Hbond substituents is 2. The molecule has 0 fully saturated rings. The highest BCUT2D eigenvalue weighted by Crippen LogP contribution is 2.26. The number of aromatic hydroxyl groups is 2. The monoisotopic (exact) mass is 340 g/mol. The van der Waals surface area contributed by atoms with Crippen molar-refractivity contribution in [2.24, 2.45) is 0 Å². The molecule has 130 valence electrons. The van der Waals surface area contributed by atoms with Gasteiger partial charge in [-0.3, -0.25) is 4.79 Å². The molecule has 0 aromatic heterocycles. The van der Waals surface area contributed by atoms with E-state index in [1.807, 2.05) is 0 Å². The van der Waals surface area contributed by atoms with Crippen LogP contribution in [0, 0.1) is 0 Å². The normalized spacial score (nSPS) is 11.6. The Kier molecular flexibility index (Phi) is 6.23. The molecule has 0 unspecified atom stereocenters. The molecule has 5 nitrogen and oxygen atoms in total. The zero-order chi connectivity index (χ0) is 18.2. The molecule has 0 aliphatic carbocycles. The van der Waals surface area contributed by atoms with E-state index in [4.69, 9.17) is 4.74 Å². The number of aliphatic hydroxyl groups is 1. The molecule has 0 atom stereocenters. The summed E-state index contributed by atoms with van der Waals surface area (Å²) in [6.45, 7) is 0. The van der Waals surface area contributed by atoms with Crippen LogP contribution in [0.2, 0.25) is 0 Å². The first kappa shape index (κ1) is 18.1. The third-order valence-electron chi connectivity index (χ3n) is 3.55. The first-order valence-corrected chi connectivity index (χ1v) is 7.74. The summed E-state index contributed by atoms with van der Waals surface area (Å²) in [5.74, 6) is 0.230. The Bertz CT molecular complexity index is 788. The van der Waals surface area contributed by atoms with Crippen LogP contribution in [0.1, 0.15) is 17.5 Å². The summed E-state index contributed by atoms with van der Waals surface area (Å²) in [5, 5.41) is 28.5. The fourth-order valence-electron chi connectivity index (χ4n) is 2.20. The van der Waals surface area contributed by atoms with Gasteiger partial charge in [0.15, 0.2) is 17.3 Å². The van der Waals surface area contributed by atoms with Gasteiger partial charge < -0.3 is 20.1 Å². The standard InChI is InChI=1S/C20H20O5/c1-25-20-12-15(6-11-19(20)24)5-10-18(23)13-17(22)9-4-14-2-7-16(21)8-3-14/h2-4,6-9,11-13,21-22,24H,5,10H2,1H3/b9-4+,17-13-. The van der Waals surface area contributed by atoms with E-state index in [1.54, 1.807) is 30.3 Å². The van der Waals surface area contributed by atoms with Crippen molar-refractivity contribution in [2.45, 2.75) is 12.8 Å². The van der Waals surface area contributed by atoms with E-state index < -0.39 is 0 Å². The average Bonchev–Trinajstić information content (AvgIpc) is 2.60. The zero-order valence-corrected chi connectivity index (χ0v) is 13.8. The maximum Gasteiger partial charge on any atom is 0.160 e. The van der Waals surface area contributed by atoms with Crippen molar-refractivity contribution in [1.29, 1.82) is 0 Å². The average molecular weight is 340 g/mol. The number of aliphatic hydroxyl groups excluding tert-OH is 1. The van der Waals surface area contributed by atoms with Crippen molar-refractivity contribution in [3.8, 4) is 17.2 Å². The van der Waals surface area contributed by atoms with Gasteiger partial charge in [0, 0.05) is 12.5 Å². The lowest BCUT2D eigenvalue weighted by Gasteiger charge is -2.05. The van der Waals surface area contributed by atoms with E-state index in [0.29, 0.717) is 12.2 Å². The topological polar surface area (TPSA) is 87.0 Å². The highest BCUT2D eigenvalue weighted by molar-refractivity contribution is 5.90. The first-order chi connectivity index (χ1) is 12.0. The Labute approximate surface area is 146 Å². The quantitative estimate of drug-likeness (QED) is 0.406. The van der Waals surface area contributed by atoms with E-state index in [1.165, 1.54) is 37.5 Å². The number of aryl methyl sites for hydroxylation is 1. The van der Waals surface area contributed by atoms with Crippen molar-refractivity contribution >= 4 is 11.9 Å². The molecule has 0 saturated carbocycles. The summed E-state index contributed by atoms with van der Waals surface area (Å²) < 4.78 is 5.03. The fraction of sp³-hybridized carbons (Fsp3) is 0.150. The summed E-state index contributed by atoms with van der Waals surface area (Å²) in [6.07, 6.45) is 4.94. The van der Waals surface area contributed by atoms with Crippen LogP contribution < -0.4 is 4.74 Å². The molecule has 0 aliphatic heterocycles. The van der Waals surface area contributed by atoms with Crippen LogP contribution in [-0.2, 0) is 11.2 Å². The van der Waals surface area contributed by atoms with E-state index in [9.17, 15) is 20.1 Å². The van der Waals surface area contributed by atoms with E-state index in [-0.39, 0.29) is 29.5 Å². The van der Waals surface area contributed by atoms with Crippen LogP contribution in [0.4, 0.5) is 0 Å². The molecule has 25 heavy (non-hydrogen) atoms. The summed E-state index contributed by atoms with van der Waals surface area (Å²) in [5.41, 5.74) is 1.65. The van der Waals surface area contributed by atoms with Gasteiger partial charge in [0.1, 0.15) is 11.5 Å². The number of benzene rings is 2. The predicted octanol–water partition coefficient (Wildman–Crippen LogP) is 3.76. The molecule has 0 amide bonds. The number of rotatable bonds is 7. The largest absolute Gasteiger partial charge is 0.508 e. The molecule has 2 aromatic carbocycles. The number of ether oxygens (including phenoxy) is 1. The van der Waals surface area contributed by atoms with Gasteiger partial charge in [0.05, 0.1) is 7.11 Å². The molecule has 0 saturated heterocycles. The molecule has 2 rings (SSSR count). The summed E-state index contributed by atoms with van der Waals surface area (Å²) in [7, 11) is 1.46. The number of hydrogen-bond donors (Lipinski definition) is 3. The lowest BCUT2D eigenvalue weighted by Crippen LogP contribution is -1.98. The molecule has 0 bridgehead atoms. The van der Waals surface area contributed by atoms with Gasteiger partial charge in [-0.15, -0.1) is 0 Å². The lowest BCUT2D eigenvalue weighted by atomic mass is 10.1. The minimum atomic E-state index is -0.208. The number of carbonyl (C=O) groups is 1. The maximum atomic E-state index is 11.9. The minimum absolute atomic E-state index is 0.0504. The number of allylic oxidation sites excluding steroid dienone is 2. The summed E-state index contributed by atoms with van der Waals surface area (Å²) >= 11 is 0. The maximum absolute atomic E-state index is 11.9. The van der Waals surface area contributed by atoms with Crippen LogP contribution in [0.25, 0.3) is 6.08 Å². The van der Waals surface area contributed by atoms with Gasteiger partial charge in [-0.1, -0.05) is 24.3 Å². The Morgan fingerprint density at radius 2 is 1.84 bits per heavy atom. The predicted molar refractivity (Wildman–Crippen MR) is 95.8 cm³/mol. The van der Waals surface area contributed by atoms with Crippen LogP contribution in [0.3, 0.4) is 0 Å². The summed E-state index contributed by atoms with van der Waals surface area (Å²) in [6, 6.07) is 11.4. The van der Waals surface area contributed by atoms with Crippen molar-refractivity contribution in [1.82, 2.24) is 0 Å². The lowest BCUT2D eigenvalue weighted by molar-refractivity contribution is -0.114. The second-order valence-electron chi connectivity index (χ2n) is 5.47. The highest BCUT2D eigenvalue weighted by atomic mass is 16.5. The van der Waals surface area contributed by atoms with Crippen molar-refractivity contribution in [3.63, 3.8) is 0 Å². The van der Waals surface area contributed by atoms with Crippen LogP contribution in [0.15, 0.2) is 60.4 Å². The molecular formula is C20H20O5.